The van der Waals surface area contributed by atoms with E-state index in [4.69, 9.17) is 0 Å². The molecule has 2 amide bonds. The number of amides is 2. The Morgan fingerprint density at radius 1 is 1.30 bits per heavy atom. The van der Waals surface area contributed by atoms with Crippen molar-refractivity contribution < 1.29 is 4.79 Å². The largest absolute Gasteiger partial charge is 0.338 e. The molecule has 0 aliphatic carbocycles. The van der Waals surface area contributed by atoms with E-state index in [-0.39, 0.29) is 6.03 Å². The lowest BCUT2D eigenvalue weighted by Gasteiger charge is -2.31. The van der Waals surface area contributed by atoms with Crippen LogP contribution < -0.4 is 10.6 Å². The average molecular weight is 331 g/mol. The molecule has 1 saturated heterocycles. The topological polar surface area (TPSA) is 44.4 Å². The van der Waals surface area contributed by atoms with E-state index >= 15 is 0 Å². The molecular formula is C18H25N3OS. The molecule has 0 saturated carbocycles. The molecule has 1 aliphatic rings. The zero-order valence-corrected chi connectivity index (χ0v) is 14.5. The van der Waals surface area contributed by atoms with E-state index in [2.05, 4.69) is 52.1 Å². The van der Waals surface area contributed by atoms with Gasteiger partial charge in [0.1, 0.15) is 0 Å². The first kappa shape index (κ1) is 16.3. The molecule has 1 fully saturated rings. The van der Waals surface area contributed by atoms with Crippen LogP contribution in [0.3, 0.4) is 0 Å². The number of fused-ring (bicyclic) bond motifs is 1. The zero-order valence-electron chi connectivity index (χ0n) is 13.7. The Kier molecular flexibility index (Phi) is 5.51. The second-order valence-electron chi connectivity index (χ2n) is 6.12. The van der Waals surface area contributed by atoms with Crippen molar-refractivity contribution in [1.29, 1.82) is 0 Å². The van der Waals surface area contributed by atoms with Gasteiger partial charge < -0.3 is 15.5 Å². The van der Waals surface area contributed by atoms with Gasteiger partial charge in [0.05, 0.1) is 0 Å². The number of likely N-dealkylation sites (tertiary alicyclic amines) is 1. The predicted octanol–water partition coefficient (Wildman–Crippen LogP) is 3.23. The summed E-state index contributed by atoms with van der Waals surface area (Å²) in [5.74, 6) is 0. The molecule has 2 N–H and O–H groups in total. The number of hydrogen-bond acceptors (Lipinski definition) is 3. The molecule has 2 aromatic rings. The first-order chi connectivity index (χ1) is 11.3. The third-order valence-electron chi connectivity index (χ3n) is 4.61. The lowest BCUT2D eigenvalue weighted by Crippen LogP contribution is -2.48. The highest BCUT2D eigenvalue weighted by Crippen LogP contribution is 2.25. The molecule has 4 nitrogen and oxygen atoms in total. The fourth-order valence-electron chi connectivity index (χ4n) is 3.17. The molecule has 1 aromatic heterocycles. The maximum atomic E-state index is 12.0. The molecule has 124 valence electrons. The van der Waals surface area contributed by atoms with Crippen LogP contribution in [-0.2, 0) is 6.42 Å². The number of thiophene rings is 1. The van der Waals surface area contributed by atoms with Gasteiger partial charge >= 0.3 is 6.03 Å². The van der Waals surface area contributed by atoms with Gasteiger partial charge in [-0.15, -0.1) is 11.3 Å². The Bertz CT molecular complexity index is 647. The molecular weight excluding hydrogens is 306 g/mol. The molecule has 0 atom stereocenters. The van der Waals surface area contributed by atoms with Gasteiger partial charge in [0.25, 0.3) is 0 Å². The molecule has 1 aromatic carbocycles. The summed E-state index contributed by atoms with van der Waals surface area (Å²) in [6.45, 7) is 6.15. The van der Waals surface area contributed by atoms with Crippen LogP contribution in [0.1, 0.15) is 25.3 Å². The van der Waals surface area contributed by atoms with E-state index in [9.17, 15) is 4.79 Å². The molecule has 0 radical (unpaired) electrons. The summed E-state index contributed by atoms with van der Waals surface area (Å²) in [6, 6.07) is 8.73. The van der Waals surface area contributed by atoms with Gasteiger partial charge in [0, 0.05) is 30.4 Å². The zero-order chi connectivity index (χ0) is 16.1. The van der Waals surface area contributed by atoms with Crippen LogP contribution in [0.2, 0.25) is 0 Å². The summed E-state index contributed by atoms with van der Waals surface area (Å²) in [6.07, 6.45) is 2.98. The van der Waals surface area contributed by atoms with Gasteiger partial charge in [0.15, 0.2) is 0 Å². The minimum absolute atomic E-state index is 0.0283. The maximum Gasteiger partial charge on any atom is 0.315 e. The second kappa shape index (κ2) is 7.79. The van der Waals surface area contributed by atoms with Crippen molar-refractivity contribution >= 4 is 27.5 Å². The van der Waals surface area contributed by atoms with E-state index in [1.165, 1.54) is 15.6 Å². The van der Waals surface area contributed by atoms with Crippen molar-refractivity contribution in [3.63, 3.8) is 0 Å². The van der Waals surface area contributed by atoms with Crippen molar-refractivity contribution in [3.05, 3.63) is 35.2 Å². The fraction of sp³-hybridized carbons (Fsp3) is 0.500. The van der Waals surface area contributed by atoms with Crippen LogP contribution in [-0.4, -0.2) is 43.2 Å². The summed E-state index contributed by atoms with van der Waals surface area (Å²) >= 11 is 1.77. The van der Waals surface area contributed by atoms with Crippen LogP contribution in [0.4, 0.5) is 4.79 Å². The lowest BCUT2D eigenvalue weighted by atomic mass is 10.1. The van der Waals surface area contributed by atoms with Crippen LogP contribution in [0.5, 0.6) is 0 Å². The Hall–Kier alpha value is -1.59. The fourth-order valence-corrected chi connectivity index (χ4v) is 4.16. The highest BCUT2D eigenvalue weighted by molar-refractivity contribution is 7.17. The Labute approximate surface area is 141 Å². The van der Waals surface area contributed by atoms with E-state index in [1.807, 2.05) is 0 Å². The molecule has 2 heterocycles. The SMILES string of the molecule is CCN1CCC(NC(=O)NCCc2csc3ccccc23)CC1. The first-order valence-electron chi connectivity index (χ1n) is 8.48. The molecule has 0 spiro atoms. The van der Waals surface area contributed by atoms with Crippen LogP contribution in [0, 0.1) is 0 Å². The lowest BCUT2D eigenvalue weighted by molar-refractivity contribution is 0.198. The van der Waals surface area contributed by atoms with Crippen molar-refractivity contribution in [2.45, 2.75) is 32.2 Å². The van der Waals surface area contributed by atoms with Crippen LogP contribution in [0.15, 0.2) is 29.6 Å². The summed E-state index contributed by atoms with van der Waals surface area (Å²) in [7, 11) is 0. The third-order valence-corrected chi connectivity index (χ3v) is 5.62. The quantitative estimate of drug-likeness (QED) is 0.883. The molecule has 23 heavy (non-hydrogen) atoms. The number of rotatable bonds is 5. The highest BCUT2D eigenvalue weighted by Gasteiger charge is 2.19. The molecule has 0 bridgehead atoms. The second-order valence-corrected chi connectivity index (χ2v) is 7.03. The first-order valence-corrected chi connectivity index (χ1v) is 9.36. The smallest absolute Gasteiger partial charge is 0.315 e. The van der Waals surface area contributed by atoms with Crippen molar-refractivity contribution in [2.24, 2.45) is 0 Å². The Balaban J connectivity index is 1.41. The van der Waals surface area contributed by atoms with Crippen molar-refractivity contribution in [2.75, 3.05) is 26.2 Å². The number of carbonyl (C=O) groups excluding carboxylic acids is 1. The average Bonchev–Trinajstić information content (AvgIpc) is 2.99. The minimum Gasteiger partial charge on any atom is -0.338 e. The van der Waals surface area contributed by atoms with Gasteiger partial charge in [-0.25, -0.2) is 4.79 Å². The minimum atomic E-state index is -0.0283. The van der Waals surface area contributed by atoms with Crippen LogP contribution >= 0.6 is 11.3 Å². The van der Waals surface area contributed by atoms with E-state index in [0.717, 1.165) is 38.9 Å². The highest BCUT2D eigenvalue weighted by atomic mass is 32.1. The van der Waals surface area contributed by atoms with Gasteiger partial charge in [-0.2, -0.15) is 0 Å². The number of hydrogen-bond donors (Lipinski definition) is 2. The normalized spacial score (nSPS) is 16.6. The van der Waals surface area contributed by atoms with Gasteiger partial charge in [0.2, 0.25) is 0 Å². The third kappa shape index (κ3) is 4.24. The Morgan fingerprint density at radius 2 is 2.09 bits per heavy atom. The van der Waals surface area contributed by atoms with Gasteiger partial charge in [-0.3, -0.25) is 0 Å². The number of nitrogens with one attached hydrogen (secondary N) is 2. The number of nitrogens with zero attached hydrogens (tertiary/aromatic N) is 1. The summed E-state index contributed by atoms with van der Waals surface area (Å²) in [5, 5.41) is 9.62. The van der Waals surface area contributed by atoms with E-state index in [1.54, 1.807) is 11.3 Å². The van der Waals surface area contributed by atoms with Crippen molar-refractivity contribution in [3.8, 4) is 0 Å². The number of urea groups is 1. The van der Waals surface area contributed by atoms with Crippen molar-refractivity contribution in [1.82, 2.24) is 15.5 Å². The summed E-state index contributed by atoms with van der Waals surface area (Å²) in [4.78, 5) is 14.4. The molecule has 0 unspecified atom stereocenters. The van der Waals surface area contributed by atoms with Gasteiger partial charge in [-0.05, 0) is 48.2 Å². The molecule has 3 rings (SSSR count). The number of piperidine rings is 1. The van der Waals surface area contributed by atoms with Gasteiger partial charge in [-0.1, -0.05) is 25.1 Å². The predicted molar refractivity (Wildman–Crippen MR) is 97.2 cm³/mol. The monoisotopic (exact) mass is 331 g/mol. The summed E-state index contributed by atoms with van der Waals surface area (Å²) < 4.78 is 1.31. The van der Waals surface area contributed by atoms with Crippen LogP contribution in [0.25, 0.3) is 10.1 Å². The molecule has 1 aliphatic heterocycles. The standard InChI is InChI=1S/C18H25N3OS/c1-2-21-11-8-15(9-12-21)20-18(22)19-10-7-14-13-23-17-6-4-3-5-16(14)17/h3-6,13,15H,2,7-12H2,1H3,(H2,19,20,22). The molecule has 5 heteroatoms. The maximum absolute atomic E-state index is 12.0. The van der Waals surface area contributed by atoms with E-state index in [0.29, 0.717) is 12.6 Å². The van der Waals surface area contributed by atoms with E-state index < -0.39 is 0 Å². The number of benzene rings is 1. The summed E-state index contributed by atoms with van der Waals surface area (Å²) in [5.41, 5.74) is 1.32. The number of carbonyl (C=O) groups is 1. The Morgan fingerprint density at radius 3 is 2.87 bits per heavy atom.